The Kier molecular flexibility index (Phi) is 7.77. The Hall–Kier alpha value is -7.04. The zero-order valence-corrected chi connectivity index (χ0v) is 30.6. The van der Waals surface area contributed by atoms with E-state index in [4.69, 9.17) is 19.9 Å². The highest BCUT2D eigenvalue weighted by Crippen LogP contribution is 2.50. The molecule has 2 aromatic heterocycles. The van der Waals surface area contributed by atoms with Gasteiger partial charge in [-0.05, 0) is 74.8 Å². The molecule has 0 radical (unpaired) electrons. The lowest BCUT2D eigenvalue weighted by atomic mass is 9.81. The number of fused-ring (bicyclic) bond motifs is 4. The average molecular weight is 705 g/mol. The lowest BCUT2D eigenvalue weighted by Crippen LogP contribution is -2.14. The van der Waals surface area contributed by atoms with Gasteiger partial charge in [-0.25, -0.2) is 19.9 Å². The van der Waals surface area contributed by atoms with Crippen LogP contribution in [0.4, 0.5) is 0 Å². The fourth-order valence-corrected chi connectivity index (χ4v) is 8.06. The van der Waals surface area contributed by atoms with Crippen molar-refractivity contribution in [2.45, 2.75) is 19.3 Å². The van der Waals surface area contributed by atoms with Gasteiger partial charge in [0.15, 0.2) is 17.5 Å². The molecule has 0 N–H and O–H groups in total. The quantitative estimate of drug-likeness (QED) is 0.173. The van der Waals surface area contributed by atoms with Gasteiger partial charge in [-0.3, -0.25) is 0 Å². The third-order valence-corrected chi connectivity index (χ3v) is 10.9. The molecule has 0 spiro atoms. The number of benzene rings is 7. The molecule has 1 aliphatic rings. The van der Waals surface area contributed by atoms with Gasteiger partial charge in [0.2, 0.25) is 0 Å². The van der Waals surface area contributed by atoms with Crippen molar-refractivity contribution in [3.63, 3.8) is 0 Å². The van der Waals surface area contributed by atoms with Crippen LogP contribution in [0.5, 0.6) is 0 Å². The van der Waals surface area contributed by atoms with Gasteiger partial charge in [-0.15, -0.1) is 0 Å². The number of hydrogen-bond donors (Lipinski definition) is 0. The van der Waals surface area contributed by atoms with Gasteiger partial charge in [0, 0.05) is 33.1 Å². The van der Waals surface area contributed by atoms with Gasteiger partial charge < -0.3 is 0 Å². The second-order valence-electron chi connectivity index (χ2n) is 14.7. The lowest BCUT2D eigenvalue weighted by Gasteiger charge is -2.22. The fraction of sp³-hybridized carbons (Fsp3) is 0.0588. The van der Waals surface area contributed by atoms with E-state index < -0.39 is 0 Å². The molecule has 0 bridgehead atoms. The molecule has 260 valence electrons. The molecule has 0 fully saturated rings. The van der Waals surface area contributed by atoms with E-state index in [-0.39, 0.29) is 5.41 Å². The van der Waals surface area contributed by atoms with Crippen LogP contribution in [0, 0.1) is 0 Å². The minimum atomic E-state index is -0.105. The predicted octanol–water partition coefficient (Wildman–Crippen LogP) is 12.7. The highest BCUT2D eigenvalue weighted by molar-refractivity contribution is 6.01. The number of nitrogens with zero attached hydrogens (tertiary/aromatic N) is 4. The molecule has 4 nitrogen and oxygen atoms in total. The van der Waals surface area contributed by atoms with Crippen LogP contribution in [0.3, 0.4) is 0 Å². The van der Waals surface area contributed by atoms with E-state index in [9.17, 15) is 0 Å². The van der Waals surface area contributed by atoms with E-state index in [1.165, 1.54) is 22.3 Å². The highest BCUT2D eigenvalue weighted by Gasteiger charge is 2.35. The van der Waals surface area contributed by atoms with E-state index in [0.717, 1.165) is 61.1 Å². The summed E-state index contributed by atoms with van der Waals surface area (Å²) in [5.74, 6) is 1.86. The highest BCUT2D eigenvalue weighted by atomic mass is 15.0. The van der Waals surface area contributed by atoms with Crippen LogP contribution >= 0.6 is 0 Å². The van der Waals surface area contributed by atoms with Crippen molar-refractivity contribution in [1.29, 1.82) is 0 Å². The third kappa shape index (κ3) is 5.80. The van der Waals surface area contributed by atoms with Crippen molar-refractivity contribution in [3.8, 4) is 78.8 Å². The maximum atomic E-state index is 5.38. The zero-order valence-electron chi connectivity index (χ0n) is 30.6. The average Bonchev–Trinajstić information content (AvgIpc) is 3.48. The van der Waals surface area contributed by atoms with Crippen LogP contribution in [0.2, 0.25) is 0 Å². The summed E-state index contributed by atoms with van der Waals surface area (Å²) < 4.78 is 0. The summed E-state index contributed by atoms with van der Waals surface area (Å²) in [6, 6.07) is 63.7. The van der Waals surface area contributed by atoms with Crippen molar-refractivity contribution in [2.75, 3.05) is 0 Å². The number of rotatable bonds is 6. The molecule has 1 aliphatic carbocycles. The van der Waals surface area contributed by atoms with Crippen LogP contribution in [-0.4, -0.2) is 19.9 Å². The third-order valence-electron chi connectivity index (χ3n) is 10.9. The first-order chi connectivity index (χ1) is 27.0. The normalized spacial score (nSPS) is 12.7. The molecule has 9 aromatic rings. The van der Waals surface area contributed by atoms with Gasteiger partial charge in [0.05, 0.1) is 11.2 Å². The van der Waals surface area contributed by atoms with Gasteiger partial charge >= 0.3 is 0 Å². The number of aromatic nitrogens is 4. The van der Waals surface area contributed by atoms with Crippen molar-refractivity contribution in [3.05, 3.63) is 193 Å². The molecule has 0 unspecified atom stereocenters. The predicted molar refractivity (Wildman–Crippen MR) is 225 cm³/mol. The first-order valence-corrected chi connectivity index (χ1v) is 18.7. The topological polar surface area (TPSA) is 51.6 Å². The molecule has 0 saturated carbocycles. The molecule has 2 heterocycles. The first kappa shape index (κ1) is 32.6. The Bertz CT molecular complexity index is 2880. The number of hydrogen-bond acceptors (Lipinski definition) is 4. The smallest absolute Gasteiger partial charge is 0.164 e. The molecule has 4 heteroatoms. The molecule has 0 saturated heterocycles. The van der Waals surface area contributed by atoms with Gasteiger partial charge in [-0.1, -0.05) is 166 Å². The van der Waals surface area contributed by atoms with E-state index in [1.54, 1.807) is 0 Å². The molecule has 0 aliphatic heterocycles. The summed E-state index contributed by atoms with van der Waals surface area (Å²) in [6.45, 7) is 4.66. The monoisotopic (exact) mass is 704 g/mol. The molecular weight excluding hydrogens is 669 g/mol. The standard InChI is InChI=1S/C51H36N4/c1-51(2)44-27-13-12-26-40(44)42-32-47-43(30-45(42)51)41(34-18-8-4-9-19-34)31-46(52-47)37-23-15-25-39(29-37)50-54-48(35-20-10-5-11-21-35)53-49(55-50)38-24-14-22-36(28-38)33-16-6-3-7-17-33/h3-32H,1-2H3. The summed E-state index contributed by atoms with van der Waals surface area (Å²) >= 11 is 0. The summed E-state index contributed by atoms with van der Waals surface area (Å²) in [6.07, 6.45) is 0. The SMILES string of the molecule is CC1(C)c2ccccc2-c2cc3nc(-c4cccc(-c5nc(-c6ccccc6)nc(-c6cccc(-c7ccccc7)c6)n5)c4)cc(-c4ccccc4)c3cc21. The van der Waals surface area contributed by atoms with Crippen LogP contribution in [0.25, 0.3) is 89.7 Å². The van der Waals surface area contributed by atoms with Crippen molar-refractivity contribution in [2.24, 2.45) is 0 Å². The van der Waals surface area contributed by atoms with Crippen molar-refractivity contribution in [1.82, 2.24) is 19.9 Å². The Morgan fingerprint density at radius 2 is 0.836 bits per heavy atom. The summed E-state index contributed by atoms with van der Waals surface area (Å²) in [5.41, 5.74) is 15.3. The largest absolute Gasteiger partial charge is 0.248 e. The second kappa shape index (κ2) is 13.1. The van der Waals surface area contributed by atoms with Crippen LogP contribution in [-0.2, 0) is 5.41 Å². The summed E-state index contributed by atoms with van der Waals surface area (Å²) in [4.78, 5) is 20.6. The summed E-state index contributed by atoms with van der Waals surface area (Å²) in [7, 11) is 0. The maximum Gasteiger partial charge on any atom is 0.164 e. The van der Waals surface area contributed by atoms with Crippen molar-refractivity contribution < 1.29 is 0 Å². The maximum absolute atomic E-state index is 5.38. The molecule has 7 aromatic carbocycles. The van der Waals surface area contributed by atoms with Crippen LogP contribution in [0.15, 0.2) is 182 Å². The lowest BCUT2D eigenvalue weighted by molar-refractivity contribution is 0.661. The fourth-order valence-electron chi connectivity index (χ4n) is 8.06. The van der Waals surface area contributed by atoms with E-state index in [1.807, 2.05) is 36.4 Å². The molecule has 0 amide bonds. The van der Waals surface area contributed by atoms with Gasteiger partial charge in [0.25, 0.3) is 0 Å². The zero-order chi connectivity index (χ0) is 36.9. The van der Waals surface area contributed by atoms with Crippen LogP contribution in [0.1, 0.15) is 25.0 Å². The Morgan fingerprint density at radius 1 is 0.327 bits per heavy atom. The van der Waals surface area contributed by atoms with Gasteiger partial charge in [0.1, 0.15) is 0 Å². The Morgan fingerprint density at radius 3 is 1.51 bits per heavy atom. The van der Waals surface area contributed by atoms with Gasteiger partial charge in [-0.2, -0.15) is 0 Å². The Balaban J connectivity index is 1.13. The van der Waals surface area contributed by atoms with E-state index in [0.29, 0.717) is 17.5 Å². The minimum absolute atomic E-state index is 0.105. The molecule has 10 rings (SSSR count). The first-order valence-electron chi connectivity index (χ1n) is 18.7. The Labute approximate surface area is 320 Å². The van der Waals surface area contributed by atoms with E-state index in [2.05, 4.69) is 159 Å². The van der Waals surface area contributed by atoms with Crippen LogP contribution < -0.4 is 0 Å². The van der Waals surface area contributed by atoms with E-state index >= 15 is 0 Å². The molecule has 0 atom stereocenters. The van der Waals surface area contributed by atoms with Crippen molar-refractivity contribution >= 4 is 10.9 Å². The minimum Gasteiger partial charge on any atom is -0.248 e. The number of pyridine rings is 1. The second-order valence-corrected chi connectivity index (χ2v) is 14.7. The molecular formula is C51H36N4. The molecule has 55 heavy (non-hydrogen) atoms. The summed E-state index contributed by atoms with van der Waals surface area (Å²) in [5, 5.41) is 1.15.